The fourth-order valence-electron chi connectivity index (χ4n) is 5.12. The lowest BCUT2D eigenvalue weighted by Gasteiger charge is -2.32. The van der Waals surface area contributed by atoms with Crippen molar-refractivity contribution in [2.75, 3.05) is 46.8 Å². The number of piperidine rings is 1. The zero-order valence-electron chi connectivity index (χ0n) is 18.6. The molecule has 3 unspecified atom stereocenters. The first kappa shape index (κ1) is 26.5. The fraction of sp³-hybridized carbons (Fsp3) is 0.905. The van der Waals surface area contributed by atoms with Crippen molar-refractivity contribution in [2.24, 2.45) is 22.7 Å². The topological polar surface area (TPSA) is 60.0 Å². The summed E-state index contributed by atoms with van der Waals surface area (Å²) in [6.45, 7) is 1.03. The van der Waals surface area contributed by atoms with Gasteiger partial charge in [-0.1, -0.05) is 6.42 Å². The molecule has 1 heterocycles. The van der Waals surface area contributed by atoms with E-state index in [9.17, 15) is 18.0 Å². The van der Waals surface area contributed by atoms with Crippen LogP contribution in [0.3, 0.4) is 0 Å². The summed E-state index contributed by atoms with van der Waals surface area (Å²) in [4.78, 5) is 19.5. The third-order valence-electron chi connectivity index (χ3n) is 6.89. The molecule has 180 valence electrons. The molecule has 0 aromatic rings. The van der Waals surface area contributed by atoms with Crippen molar-refractivity contribution in [3.8, 4) is 0 Å². The normalized spacial score (nSPS) is 27.1. The van der Waals surface area contributed by atoms with Crippen LogP contribution in [0.25, 0.3) is 0 Å². The quantitative estimate of drug-likeness (QED) is 0.286. The van der Waals surface area contributed by atoms with Crippen LogP contribution in [0.15, 0.2) is 4.99 Å². The summed E-state index contributed by atoms with van der Waals surface area (Å²) >= 11 is 0. The molecule has 1 amide bonds. The van der Waals surface area contributed by atoms with Crippen LogP contribution >= 0.6 is 24.0 Å². The Morgan fingerprint density at radius 2 is 1.84 bits per heavy atom. The van der Waals surface area contributed by atoms with Gasteiger partial charge in [-0.15, -0.1) is 24.0 Å². The Hall–Kier alpha value is -0.780. The third kappa shape index (κ3) is 8.58. The van der Waals surface area contributed by atoms with Crippen LogP contribution < -0.4 is 10.6 Å². The Morgan fingerprint density at radius 3 is 2.39 bits per heavy atom. The van der Waals surface area contributed by atoms with Gasteiger partial charge in [0.1, 0.15) is 6.54 Å². The summed E-state index contributed by atoms with van der Waals surface area (Å²) in [5, 5.41) is 6.92. The predicted octanol–water partition coefficient (Wildman–Crippen LogP) is 3.08. The van der Waals surface area contributed by atoms with E-state index < -0.39 is 12.7 Å². The van der Waals surface area contributed by atoms with Crippen molar-refractivity contribution >= 4 is 35.8 Å². The number of carbonyl (C=O) groups excluding carboxylic acids is 1. The minimum Gasteiger partial charge on any atom is -0.356 e. The van der Waals surface area contributed by atoms with Gasteiger partial charge < -0.3 is 15.5 Å². The maximum Gasteiger partial charge on any atom is 0.401 e. The Morgan fingerprint density at radius 1 is 1.13 bits per heavy atom. The van der Waals surface area contributed by atoms with Gasteiger partial charge in [0.05, 0.1) is 6.54 Å². The smallest absolute Gasteiger partial charge is 0.356 e. The second-order valence-corrected chi connectivity index (χ2v) is 9.43. The van der Waals surface area contributed by atoms with Gasteiger partial charge in [0.15, 0.2) is 5.96 Å². The van der Waals surface area contributed by atoms with Gasteiger partial charge in [-0.2, -0.15) is 13.2 Å². The van der Waals surface area contributed by atoms with E-state index >= 15 is 0 Å². The lowest BCUT2D eigenvalue weighted by Crippen LogP contribution is -2.47. The van der Waals surface area contributed by atoms with Crippen molar-refractivity contribution in [3.63, 3.8) is 0 Å². The number of carbonyl (C=O) groups is 1. The number of likely N-dealkylation sites (N-methyl/N-ethyl adjacent to an activating group) is 1. The molecule has 0 spiro atoms. The molecule has 1 saturated heterocycles. The van der Waals surface area contributed by atoms with Crippen molar-refractivity contribution in [1.29, 1.82) is 0 Å². The van der Waals surface area contributed by atoms with Crippen LogP contribution in [-0.2, 0) is 4.79 Å². The first-order valence-corrected chi connectivity index (χ1v) is 11.2. The number of nitrogens with one attached hydrogen (secondary N) is 2. The van der Waals surface area contributed by atoms with Gasteiger partial charge in [-0.25, -0.2) is 4.99 Å². The maximum absolute atomic E-state index is 12.5. The maximum atomic E-state index is 12.5. The van der Waals surface area contributed by atoms with Crippen LogP contribution in [0, 0.1) is 17.8 Å². The molecule has 2 aliphatic carbocycles. The van der Waals surface area contributed by atoms with Crippen LogP contribution in [0.4, 0.5) is 13.2 Å². The van der Waals surface area contributed by atoms with Crippen molar-refractivity contribution in [3.05, 3.63) is 0 Å². The van der Waals surface area contributed by atoms with E-state index in [2.05, 4.69) is 15.6 Å². The number of guanidine groups is 1. The number of rotatable bonds is 7. The van der Waals surface area contributed by atoms with E-state index in [1.807, 2.05) is 0 Å². The molecule has 1 aliphatic heterocycles. The van der Waals surface area contributed by atoms with Gasteiger partial charge in [0.2, 0.25) is 5.91 Å². The molecule has 0 aromatic carbocycles. The van der Waals surface area contributed by atoms with Crippen molar-refractivity contribution < 1.29 is 18.0 Å². The molecule has 3 fully saturated rings. The Balaban J connectivity index is 0.00000341. The number of amides is 1. The second kappa shape index (κ2) is 11.9. The minimum atomic E-state index is -4.12. The minimum absolute atomic E-state index is 0. The number of nitrogens with zero attached hydrogens (tertiary/aromatic N) is 3. The van der Waals surface area contributed by atoms with E-state index in [4.69, 9.17) is 0 Å². The molecule has 2 bridgehead atoms. The molecule has 2 N–H and O–H groups in total. The molecule has 3 aliphatic rings. The molecule has 3 atom stereocenters. The van der Waals surface area contributed by atoms with E-state index in [1.165, 1.54) is 35.5 Å². The SMILES string of the molecule is CN(C)C(=O)CN=C(NCCC1CCN(CC(F)(F)F)CC1)NC1CC2CCC1C2.I. The highest BCUT2D eigenvalue weighted by molar-refractivity contribution is 14.0. The van der Waals surface area contributed by atoms with Crippen LogP contribution in [-0.4, -0.2) is 80.7 Å². The molecule has 0 radical (unpaired) electrons. The molecular weight excluding hydrogens is 522 g/mol. The zero-order chi connectivity index (χ0) is 21.7. The summed E-state index contributed by atoms with van der Waals surface area (Å²) in [6.07, 6.45) is 3.43. The number of fused-ring (bicyclic) bond motifs is 2. The van der Waals surface area contributed by atoms with Crippen molar-refractivity contribution in [2.45, 2.75) is 57.2 Å². The average Bonchev–Trinajstić information content (AvgIpc) is 3.29. The second-order valence-electron chi connectivity index (χ2n) is 9.43. The zero-order valence-corrected chi connectivity index (χ0v) is 20.9. The number of halogens is 4. The summed E-state index contributed by atoms with van der Waals surface area (Å²) in [5.41, 5.74) is 0. The summed E-state index contributed by atoms with van der Waals surface area (Å²) in [5.74, 6) is 2.59. The molecule has 0 aromatic heterocycles. The molecule has 3 rings (SSSR count). The van der Waals surface area contributed by atoms with E-state index in [0.717, 1.165) is 25.2 Å². The van der Waals surface area contributed by atoms with Crippen molar-refractivity contribution in [1.82, 2.24) is 20.4 Å². The predicted molar refractivity (Wildman–Crippen MR) is 127 cm³/mol. The van der Waals surface area contributed by atoms with Gasteiger partial charge in [-0.05, 0) is 69.4 Å². The van der Waals surface area contributed by atoms with Gasteiger partial charge in [0.25, 0.3) is 0 Å². The fourth-order valence-corrected chi connectivity index (χ4v) is 5.12. The Bertz CT molecular complexity index is 608. The lowest BCUT2D eigenvalue weighted by atomic mass is 9.93. The highest BCUT2D eigenvalue weighted by Crippen LogP contribution is 2.44. The molecular formula is C21H37F3IN5O. The van der Waals surface area contributed by atoms with Gasteiger partial charge in [-0.3, -0.25) is 9.69 Å². The largest absolute Gasteiger partial charge is 0.401 e. The first-order chi connectivity index (χ1) is 14.2. The number of alkyl halides is 3. The number of hydrogen-bond acceptors (Lipinski definition) is 3. The van der Waals surface area contributed by atoms with Gasteiger partial charge >= 0.3 is 6.18 Å². The van der Waals surface area contributed by atoms with E-state index in [-0.39, 0.29) is 36.4 Å². The molecule has 6 nitrogen and oxygen atoms in total. The van der Waals surface area contributed by atoms with Crippen LogP contribution in [0.1, 0.15) is 44.9 Å². The van der Waals surface area contributed by atoms with Crippen LogP contribution in [0.2, 0.25) is 0 Å². The summed E-state index contributed by atoms with van der Waals surface area (Å²) < 4.78 is 37.6. The number of likely N-dealkylation sites (tertiary alicyclic amines) is 1. The lowest BCUT2D eigenvalue weighted by molar-refractivity contribution is -0.148. The highest BCUT2D eigenvalue weighted by Gasteiger charge is 2.40. The number of hydrogen-bond donors (Lipinski definition) is 2. The summed E-state index contributed by atoms with van der Waals surface area (Å²) in [7, 11) is 3.44. The highest BCUT2D eigenvalue weighted by atomic mass is 127. The van der Waals surface area contributed by atoms with E-state index in [0.29, 0.717) is 43.5 Å². The first-order valence-electron chi connectivity index (χ1n) is 11.2. The summed E-state index contributed by atoms with van der Waals surface area (Å²) in [6, 6.07) is 0.426. The van der Waals surface area contributed by atoms with E-state index in [1.54, 1.807) is 14.1 Å². The van der Waals surface area contributed by atoms with Crippen LogP contribution in [0.5, 0.6) is 0 Å². The molecule has 31 heavy (non-hydrogen) atoms. The number of aliphatic imine (C=N–C) groups is 1. The Labute approximate surface area is 200 Å². The monoisotopic (exact) mass is 559 g/mol. The molecule has 2 saturated carbocycles. The standard InChI is InChI=1S/C21H36F3N5O.HI/c1-28(2)19(30)13-26-20(27-18-12-16-3-4-17(18)11-16)25-8-5-15-6-9-29(10-7-15)14-21(22,23)24;/h15-18H,3-14H2,1-2H3,(H2,25,26,27);1H. The van der Waals surface area contributed by atoms with Gasteiger partial charge in [0, 0.05) is 26.7 Å². The average molecular weight is 559 g/mol. The molecule has 10 heteroatoms. The third-order valence-corrected chi connectivity index (χ3v) is 6.89. The Kier molecular flexibility index (Phi) is 10.2.